The molecule has 24 heavy (non-hydrogen) atoms. The van der Waals surface area contributed by atoms with Gasteiger partial charge in [-0.3, -0.25) is 12.2 Å². The van der Waals surface area contributed by atoms with Crippen molar-refractivity contribution in [2.45, 2.75) is 78.3 Å². The van der Waals surface area contributed by atoms with Crippen molar-refractivity contribution in [2.24, 2.45) is 0 Å². The minimum atomic E-state index is -1.59. The van der Waals surface area contributed by atoms with E-state index in [0.29, 0.717) is 0 Å². The van der Waals surface area contributed by atoms with E-state index in [2.05, 4.69) is 51.2 Å². The van der Waals surface area contributed by atoms with E-state index in [4.69, 9.17) is 0 Å². The zero-order valence-electron chi connectivity index (χ0n) is 15.6. The fourth-order valence-corrected chi connectivity index (χ4v) is 6.94. The minimum Gasteiger partial charge on any atom is -1.00 e. The van der Waals surface area contributed by atoms with Gasteiger partial charge < -0.3 is 24.8 Å². The van der Waals surface area contributed by atoms with Crippen molar-refractivity contribution in [3.05, 3.63) is 45.8 Å². The maximum atomic E-state index is 3.71. The Morgan fingerprint density at radius 1 is 0.833 bits per heavy atom. The molecule has 0 spiro atoms. The molecule has 0 aromatic heterocycles. The van der Waals surface area contributed by atoms with Gasteiger partial charge in [-0.2, -0.15) is 12.2 Å². The molecule has 0 saturated heterocycles. The summed E-state index contributed by atoms with van der Waals surface area (Å²) in [6, 6.07) is 0. The molecule has 2 aliphatic carbocycles. The van der Waals surface area contributed by atoms with Crippen LogP contribution in [-0.2, 0) is 26.2 Å². The number of unbranched alkanes of at least 4 members (excludes halogenated alkanes) is 2. The first-order chi connectivity index (χ1) is 10.1. The van der Waals surface area contributed by atoms with Crippen molar-refractivity contribution >= 4 is 8.07 Å². The predicted molar refractivity (Wildman–Crippen MR) is 95.4 cm³/mol. The summed E-state index contributed by atoms with van der Waals surface area (Å²) in [7, 11) is -1.59. The molecule has 0 aromatic rings. The number of rotatable bonds is 8. The van der Waals surface area contributed by atoms with Gasteiger partial charge in [-0.25, -0.2) is 21.5 Å². The molecule has 0 aromatic carbocycles. The van der Waals surface area contributed by atoms with Crippen LogP contribution in [-0.4, -0.2) is 8.07 Å². The normalized spacial score (nSPS) is 16.2. The van der Waals surface area contributed by atoms with E-state index in [-0.39, 0.29) is 51.0 Å². The zero-order valence-corrected chi connectivity index (χ0v) is 20.5. The van der Waals surface area contributed by atoms with E-state index in [0.717, 1.165) is 12.8 Å². The Labute approximate surface area is 182 Å². The molecule has 0 bridgehead atoms. The molecule has 132 valence electrons. The minimum absolute atomic E-state index is 0. The van der Waals surface area contributed by atoms with Crippen LogP contribution in [0.1, 0.15) is 65.2 Å². The zero-order chi connectivity index (χ0) is 15.3. The van der Waals surface area contributed by atoms with E-state index >= 15 is 0 Å². The Balaban J connectivity index is 0. The first-order valence-electron chi connectivity index (χ1n) is 8.72. The summed E-state index contributed by atoms with van der Waals surface area (Å²) in [4.78, 5) is 0. The summed E-state index contributed by atoms with van der Waals surface area (Å²) < 4.78 is 0. The third-order valence-corrected chi connectivity index (χ3v) is 8.24. The molecule has 0 aliphatic heterocycles. The number of hydrogen-bond donors (Lipinski definition) is 0. The van der Waals surface area contributed by atoms with Crippen LogP contribution in [0.25, 0.3) is 0 Å². The van der Waals surface area contributed by atoms with Gasteiger partial charge in [-0.05, 0) is 0 Å². The summed E-state index contributed by atoms with van der Waals surface area (Å²) >= 11 is 0. The van der Waals surface area contributed by atoms with Gasteiger partial charge >= 0.3 is 26.2 Å². The number of hydrogen-bond acceptors (Lipinski definition) is 0. The third-order valence-electron chi connectivity index (χ3n) is 4.75. The summed E-state index contributed by atoms with van der Waals surface area (Å²) in [5.41, 5.74) is 3.20. The summed E-state index contributed by atoms with van der Waals surface area (Å²) in [6.07, 6.45) is 22.0. The average Bonchev–Trinajstić information content (AvgIpc) is 3.11. The van der Waals surface area contributed by atoms with E-state index in [1.54, 1.807) is 21.5 Å². The molecule has 0 atom stereocenters. The van der Waals surface area contributed by atoms with E-state index in [1.165, 1.54) is 38.5 Å². The second-order valence-corrected chi connectivity index (χ2v) is 11.1. The Kier molecular flexibility index (Phi) is 14.4. The van der Waals surface area contributed by atoms with Crippen LogP contribution in [0.5, 0.6) is 0 Å². The first kappa shape index (κ1) is 26.9. The molecule has 0 saturated carbocycles. The maximum absolute atomic E-state index is 3.71. The Bertz CT molecular complexity index is 458. The van der Waals surface area contributed by atoms with Crippen LogP contribution in [0.2, 0.25) is 13.1 Å². The van der Waals surface area contributed by atoms with Gasteiger partial charge in [0.05, 0.1) is 0 Å². The summed E-state index contributed by atoms with van der Waals surface area (Å²) in [6.45, 7) is 9.58. The smallest absolute Gasteiger partial charge is 1.00 e. The van der Waals surface area contributed by atoms with E-state index in [9.17, 15) is 0 Å². The fraction of sp³-hybridized carbons (Fsp3) is 0.600. The quantitative estimate of drug-likeness (QED) is 0.361. The monoisotopic (exact) mass is 458 g/mol. The topological polar surface area (TPSA) is 0 Å². The molecule has 0 heterocycles. The average molecular weight is 461 g/mol. The van der Waals surface area contributed by atoms with Gasteiger partial charge in [0.25, 0.3) is 0 Å². The third kappa shape index (κ3) is 6.42. The second-order valence-electron chi connectivity index (χ2n) is 6.80. The second kappa shape index (κ2) is 12.9. The van der Waals surface area contributed by atoms with Crippen LogP contribution in [0.15, 0.2) is 33.7 Å². The standard InChI is InChI=1S/C20H30Si.2ClH.Zr/c1-5-7-11-17-13-9-15-19(17)21(3,4)20-16-10-14-18(20)12-8-6-2;;;/h13-14H,5-12H2,1-4H3;2*1H;/q-2;;;+4/p-2. The molecule has 0 amide bonds. The Morgan fingerprint density at radius 2 is 1.21 bits per heavy atom. The summed E-state index contributed by atoms with van der Waals surface area (Å²) in [5.74, 6) is 0. The first-order valence-corrected chi connectivity index (χ1v) is 11.7. The molecule has 0 N–H and O–H groups in total. The number of allylic oxidation sites excluding steroid dienone is 8. The molecular formula is C20H30Cl2SiZr. The van der Waals surface area contributed by atoms with E-state index < -0.39 is 8.07 Å². The van der Waals surface area contributed by atoms with Crippen molar-refractivity contribution in [1.29, 1.82) is 0 Å². The van der Waals surface area contributed by atoms with Gasteiger partial charge in [0.1, 0.15) is 0 Å². The van der Waals surface area contributed by atoms with Crippen molar-refractivity contribution in [2.75, 3.05) is 0 Å². The molecule has 0 fully saturated rings. The van der Waals surface area contributed by atoms with Crippen LogP contribution >= 0.6 is 0 Å². The van der Waals surface area contributed by atoms with Gasteiger partial charge in [0, 0.05) is 8.07 Å². The largest absolute Gasteiger partial charge is 4.00 e. The predicted octanol–water partition coefficient (Wildman–Crippen LogP) is 0.278. The Hall–Kier alpha value is 0.640. The van der Waals surface area contributed by atoms with Crippen molar-refractivity contribution in [3.63, 3.8) is 0 Å². The van der Waals surface area contributed by atoms with Crippen molar-refractivity contribution in [1.82, 2.24) is 0 Å². The molecule has 2 aliphatic rings. The molecule has 0 nitrogen and oxygen atoms in total. The van der Waals surface area contributed by atoms with Crippen LogP contribution in [0.3, 0.4) is 0 Å². The molecule has 0 radical (unpaired) electrons. The van der Waals surface area contributed by atoms with Gasteiger partial charge in [-0.15, -0.1) is 12.8 Å². The van der Waals surface area contributed by atoms with Gasteiger partial charge in [0.2, 0.25) is 0 Å². The van der Waals surface area contributed by atoms with Gasteiger partial charge in [0.15, 0.2) is 0 Å². The molecule has 2 rings (SSSR count). The van der Waals surface area contributed by atoms with Crippen LogP contribution in [0, 0.1) is 12.2 Å². The maximum Gasteiger partial charge on any atom is 4.00 e. The fourth-order valence-electron chi connectivity index (χ4n) is 3.54. The van der Waals surface area contributed by atoms with Gasteiger partial charge in [-0.1, -0.05) is 65.5 Å². The van der Waals surface area contributed by atoms with Crippen LogP contribution in [0.4, 0.5) is 0 Å². The molecule has 4 heteroatoms. The molecular weight excluding hydrogens is 430 g/mol. The van der Waals surface area contributed by atoms with Crippen molar-refractivity contribution in [3.8, 4) is 0 Å². The SMILES string of the molecule is CCCCC1=CC[C-]=C1[Si](C)(C)C1=[C-]CC=C1CCCC.[Cl-].[Cl-].[Zr+4]. The Morgan fingerprint density at radius 3 is 1.54 bits per heavy atom. The van der Waals surface area contributed by atoms with Crippen molar-refractivity contribution < 1.29 is 51.0 Å². The van der Waals surface area contributed by atoms with E-state index in [1.807, 2.05) is 0 Å². The number of halogens is 2. The summed E-state index contributed by atoms with van der Waals surface area (Å²) in [5, 5.41) is 3.17. The molecule has 0 unspecified atom stereocenters. The van der Waals surface area contributed by atoms with Crippen LogP contribution < -0.4 is 24.8 Å².